The van der Waals surface area contributed by atoms with Gasteiger partial charge in [-0.3, -0.25) is 4.79 Å². The standard InChI is InChI=1S/C22H26FN3O3S/c23-20-10-5-9-19(22(27)25-14-18-8-3-4-12-24-18)21(20)30(28,29)26-13-11-16-6-1-2-7-17(16)15-26/h1-2,5-7,9-10,18,24H,3-4,8,11-15H2,(H,25,27)/t18-/m1/s1. The van der Waals surface area contributed by atoms with Gasteiger partial charge in [0.2, 0.25) is 10.0 Å². The molecular weight excluding hydrogens is 405 g/mol. The molecule has 160 valence electrons. The number of hydrogen-bond donors (Lipinski definition) is 2. The molecule has 0 aromatic heterocycles. The van der Waals surface area contributed by atoms with Crippen LogP contribution >= 0.6 is 0 Å². The second kappa shape index (κ2) is 8.83. The molecule has 1 saturated heterocycles. The van der Waals surface area contributed by atoms with Crippen LogP contribution in [-0.4, -0.2) is 44.3 Å². The molecular formula is C22H26FN3O3S. The zero-order valence-electron chi connectivity index (χ0n) is 16.7. The number of halogens is 1. The van der Waals surface area contributed by atoms with E-state index in [0.29, 0.717) is 13.0 Å². The third-order valence-electron chi connectivity index (χ3n) is 5.83. The fraction of sp³-hybridized carbons (Fsp3) is 0.409. The summed E-state index contributed by atoms with van der Waals surface area (Å²) >= 11 is 0. The van der Waals surface area contributed by atoms with Crippen LogP contribution < -0.4 is 10.6 Å². The third kappa shape index (κ3) is 4.26. The Kier molecular flexibility index (Phi) is 6.17. The molecule has 0 bridgehead atoms. The van der Waals surface area contributed by atoms with Gasteiger partial charge in [-0.05, 0) is 49.1 Å². The normalized spacial score (nSPS) is 19.8. The van der Waals surface area contributed by atoms with Crippen molar-refractivity contribution >= 4 is 15.9 Å². The van der Waals surface area contributed by atoms with Gasteiger partial charge in [0.1, 0.15) is 10.7 Å². The van der Waals surface area contributed by atoms with Gasteiger partial charge in [0.05, 0.1) is 5.56 Å². The van der Waals surface area contributed by atoms with E-state index in [1.165, 1.54) is 16.4 Å². The highest BCUT2D eigenvalue weighted by molar-refractivity contribution is 7.89. The predicted octanol–water partition coefficient (Wildman–Crippen LogP) is 2.44. The number of sulfonamides is 1. The van der Waals surface area contributed by atoms with Gasteiger partial charge in [-0.15, -0.1) is 0 Å². The molecule has 8 heteroatoms. The molecule has 30 heavy (non-hydrogen) atoms. The largest absolute Gasteiger partial charge is 0.350 e. The number of amides is 1. The quantitative estimate of drug-likeness (QED) is 0.762. The molecule has 2 aromatic rings. The lowest BCUT2D eigenvalue weighted by molar-refractivity contribution is 0.0943. The molecule has 0 spiro atoms. The van der Waals surface area contributed by atoms with E-state index in [9.17, 15) is 17.6 Å². The fourth-order valence-electron chi connectivity index (χ4n) is 4.16. The first-order valence-electron chi connectivity index (χ1n) is 10.3. The van der Waals surface area contributed by atoms with Gasteiger partial charge < -0.3 is 10.6 Å². The Morgan fingerprint density at radius 1 is 1.13 bits per heavy atom. The fourth-order valence-corrected chi connectivity index (χ4v) is 5.82. The minimum atomic E-state index is -4.17. The van der Waals surface area contributed by atoms with Crippen LogP contribution in [0.1, 0.15) is 40.7 Å². The van der Waals surface area contributed by atoms with Gasteiger partial charge >= 0.3 is 0 Å². The van der Waals surface area contributed by atoms with Crippen LogP contribution in [0.3, 0.4) is 0 Å². The molecule has 1 atom stereocenters. The number of benzene rings is 2. The van der Waals surface area contributed by atoms with Crippen molar-refractivity contribution in [1.29, 1.82) is 0 Å². The molecule has 1 fully saturated rings. The van der Waals surface area contributed by atoms with Crippen molar-refractivity contribution in [2.24, 2.45) is 0 Å². The number of carbonyl (C=O) groups is 1. The summed E-state index contributed by atoms with van der Waals surface area (Å²) in [6.07, 6.45) is 3.69. The van der Waals surface area contributed by atoms with Gasteiger partial charge in [0, 0.05) is 25.7 Å². The second-order valence-corrected chi connectivity index (χ2v) is 9.71. The number of carbonyl (C=O) groups excluding carboxylic acids is 1. The van der Waals surface area contributed by atoms with Crippen LogP contribution in [0.15, 0.2) is 47.4 Å². The minimum Gasteiger partial charge on any atom is -0.350 e. The molecule has 2 heterocycles. The molecule has 4 rings (SSSR count). The summed E-state index contributed by atoms with van der Waals surface area (Å²) in [5, 5.41) is 6.10. The summed E-state index contributed by atoms with van der Waals surface area (Å²) in [4.78, 5) is 12.3. The maximum atomic E-state index is 14.8. The highest BCUT2D eigenvalue weighted by Crippen LogP contribution is 2.28. The monoisotopic (exact) mass is 431 g/mol. The third-order valence-corrected chi connectivity index (χ3v) is 7.75. The first kappa shape index (κ1) is 21.0. The zero-order chi connectivity index (χ0) is 21.1. The molecule has 1 amide bonds. The Morgan fingerprint density at radius 2 is 1.93 bits per heavy atom. The van der Waals surface area contributed by atoms with Crippen LogP contribution in [0, 0.1) is 5.82 Å². The molecule has 6 nitrogen and oxygen atoms in total. The van der Waals surface area contributed by atoms with Crippen LogP contribution in [0.2, 0.25) is 0 Å². The number of hydrogen-bond acceptors (Lipinski definition) is 4. The Hall–Kier alpha value is -2.29. The second-order valence-electron chi connectivity index (χ2n) is 7.83. The first-order valence-corrected chi connectivity index (χ1v) is 11.8. The van der Waals surface area contributed by atoms with Gasteiger partial charge in [0.25, 0.3) is 5.91 Å². The Bertz CT molecular complexity index is 1040. The maximum Gasteiger partial charge on any atom is 0.252 e. The molecule has 0 radical (unpaired) electrons. The first-order chi connectivity index (χ1) is 14.5. The average molecular weight is 432 g/mol. The number of fused-ring (bicyclic) bond motifs is 1. The van der Waals surface area contributed by atoms with E-state index in [2.05, 4.69) is 10.6 Å². The molecule has 2 aromatic carbocycles. The van der Waals surface area contributed by atoms with Crippen molar-refractivity contribution in [3.8, 4) is 0 Å². The van der Waals surface area contributed by atoms with E-state index in [4.69, 9.17) is 0 Å². The summed E-state index contributed by atoms with van der Waals surface area (Å²) in [7, 11) is -4.17. The van der Waals surface area contributed by atoms with Crippen molar-refractivity contribution in [3.05, 3.63) is 65.0 Å². The van der Waals surface area contributed by atoms with E-state index < -0.39 is 26.6 Å². The summed E-state index contributed by atoms with van der Waals surface area (Å²) in [6.45, 7) is 1.70. The SMILES string of the molecule is O=C(NC[C@H]1CCCCN1)c1cccc(F)c1S(=O)(=O)N1CCc2ccccc2C1. The lowest BCUT2D eigenvalue weighted by Gasteiger charge is -2.29. The number of nitrogens with zero attached hydrogens (tertiary/aromatic N) is 1. The average Bonchev–Trinajstić information content (AvgIpc) is 2.77. The summed E-state index contributed by atoms with van der Waals surface area (Å²) in [5.74, 6) is -1.48. The summed E-state index contributed by atoms with van der Waals surface area (Å²) < 4.78 is 42.7. The van der Waals surface area contributed by atoms with Gasteiger partial charge in [-0.25, -0.2) is 12.8 Å². The molecule has 2 aliphatic rings. The van der Waals surface area contributed by atoms with Crippen molar-refractivity contribution in [1.82, 2.24) is 14.9 Å². The van der Waals surface area contributed by atoms with E-state index in [1.807, 2.05) is 24.3 Å². The van der Waals surface area contributed by atoms with E-state index in [-0.39, 0.29) is 24.7 Å². The Labute approximate surface area is 176 Å². The van der Waals surface area contributed by atoms with Crippen LogP contribution in [-0.2, 0) is 23.0 Å². The van der Waals surface area contributed by atoms with Crippen molar-refractivity contribution in [2.45, 2.75) is 43.2 Å². The zero-order valence-corrected chi connectivity index (χ0v) is 17.6. The predicted molar refractivity (Wildman–Crippen MR) is 112 cm³/mol. The number of nitrogens with one attached hydrogen (secondary N) is 2. The molecule has 2 aliphatic heterocycles. The van der Waals surface area contributed by atoms with Crippen LogP contribution in [0.25, 0.3) is 0 Å². The highest BCUT2D eigenvalue weighted by Gasteiger charge is 2.34. The van der Waals surface area contributed by atoms with E-state index >= 15 is 0 Å². The van der Waals surface area contributed by atoms with Gasteiger partial charge in [0.15, 0.2) is 0 Å². The van der Waals surface area contributed by atoms with Gasteiger partial charge in [-0.2, -0.15) is 4.31 Å². The smallest absolute Gasteiger partial charge is 0.252 e. The maximum absolute atomic E-state index is 14.8. The Balaban J connectivity index is 1.58. The van der Waals surface area contributed by atoms with Crippen molar-refractivity contribution in [3.63, 3.8) is 0 Å². The van der Waals surface area contributed by atoms with Gasteiger partial charge in [-0.1, -0.05) is 36.8 Å². The van der Waals surface area contributed by atoms with Crippen LogP contribution in [0.5, 0.6) is 0 Å². The minimum absolute atomic E-state index is 0.148. The summed E-state index contributed by atoms with van der Waals surface area (Å²) in [6, 6.07) is 11.6. The van der Waals surface area contributed by atoms with E-state index in [0.717, 1.165) is 43.0 Å². The lowest BCUT2D eigenvalue weighted by atomic mass is 10.0. The molecule has 2 N–H and O–H groups in total. The number of piperidine rings is 1. The van der Waals surface area contributed by atoms with Crippen molar-refractivity contribution in [2.75, 3.05) is 19.6 Å². The lowest BCUT2D eigenvalue weighted by Crippen LogP contribution is -2.44. The van der Waals surface area contributed by atoms with Crippen LogP contribution in [0.4, 0.5) is 4.39 Å². The van der Waals surface area contributed by atoms with E-state index in [1.54, 1.807) is 0 Å². The summed E-state index contributed by atoms with van der Waals surface area (Å²) in [5.41, 5.74) is 1.85. The highest BCUT2D eigenvalue weighted by atomic mass is 32.2. The molecule has 0 aliphatic carbocycles. The Morgan fingerprint density at radius 3 is 2.70 bits per heavy atom. The molecule has 0 unspecified atom stereocenters. The van der Waals surface area contributed by atoms with Crippen molar-refractivity contribution < 1.29 is 17.6 Å². The topological polar surface area (TPSA) is 78.5 Å². The molecule has 0 saturated carbocycles. The number of rotatable bonds is 5.